The highest BCUT2D eigenvalue weighted by Crippen LogP contribution is 2.30. The summed E-state index contributed by atoms with van der Waals surface area (Å²) in [7, 11) is -2.09. The molecular weight excluding hydrogens is 342 g/mol. The highest BCUT2D eigenvalue weighted by Gasteiger charge is 2.28. The molecule has 1 N–H and O–H groups in total. The van der Waals surface area contributed by atoms with Gasteiger partial charge in [-0.2, -0.15) is 0 Å². The van der Waals surface area contributed by atoms with Crippen LogP contribution in [0.4, 0.5) is 0 Å². The molecule has 0 radical (unpaired) electrons. The highest BCUT2D eigenvalue weighted by atomic mass is 79.9. The largest absolute Gasteiger partial charge is 0.495 e. The molecule has 0 unspecified atom stereocenters. The summed E-state index contributed by atoms with van der Waals surface area (Å²) in [6.07, 6.45) is 4.23. The number of hydrogen-bond donors (Lipinski definition) is 1. The van der Waals surface area contributed by atoms with Crippen molar-refractivity contribution in [2.75, 3.05) is 7.11 Å². The highest BCUT2D eigenvalue weighted by molar-refractivity contribution is 9.10. The van der Waals surface area contributed by atoms with Gasteiger partial charge >= 0.3 is 0 Å². The number of rotatable bonds is 4. The normalized spacial score (nSPS) is 23.6. The average Bonchev–Trinajstić information content (AvgIpc) is 2.41. The zero-order valence-electron chi connectivity index (χ0n) is 11.7. The molecule has 0 spiro atoms. The van der Waals surface area contributed by atoms with E-state index in [0.717, 1.165) is 23.7 Å². The molecule has 0 amide bonds. The van der Waals surface area contributed by atoms with Crippen LogP contribution >= 0.6 is 15.9 Å². The van der Waals surface area contributed by atoms with Crippen molar-refractivity contribution in [3.63, 3.8) is 0 Å². The van der Waals surface area contributed by atoms with E-state index in [9.17, 15) is 8.42 Å². The Morgan fingerprint density at radius 1 is 1.30 bits per heavy atom. The fourth-order valence-electron chi connectivity index (χ4n) is 2.61. The molecule has 0 heterocycles. The smallest absolute Gasteiger partial charge is 0.244 e. The number of halogens is 1. The predicted octanol–water partition coefficient (Wildman–Crippen LogP) is 3.31. The first-order valence-corrected chi connectivity index (χ1v) is 9.07. The zero-order chi connectivity index (χ0) is 14.8. The van der Waals surface area contributed by atoms with Gasteiger partial charge in [-0.1, -0.05) is 35.7 Å². The Hall–Kier alpha value is -0.590. The predicted molar refractivity (Wildman–Crippen MR) is 82.4 cm³/mol. The maximum atomic E-state index is 12.6. The van der Waals surface area contributed by atoms with E-state index in [1.807, 2.05) is 0 Å². The van der Waals surface area contributed by atoms with E-state index in [1.165, 1.54) is 13.5 Å². The van der Waals surface area contributed by atoms with Crippen molar-refractivity contribution in [3.8, 4) is 5.75 Å². The number of sulfonamides is 1. The second-order valence-corrected chi connectivity index (χ2v) is 7.88. The van der Waals surface area contributed by atoms with Crippen molar-refractivity contribution in [1.82, 2.24) is 4.72 Å². The van der Waals surface area contributed by atoms with Gasteiger partial charge in [-0.3, -0.25) is 0 Å². The molecule has 4 nitrogen and oxygen atoms in total. The molecule has 0 aliphatic heterocycles. The number of ether oxygens (including phenoxy) is 1. The van der Waals surface area contributed by atoms with Gasteiger partial charge in [-0.15, -0.1) is 0 Å². The van der Waals surface area contributed by atoms with Gasteiger partial charge in [0.15, 0.2) is 0 Å². The van der Waals surface area contributed by atoms with Crippen LogP contribution in [0.15, 0.2) is 27.6 Å². The van der Waals surface area contributed by atoms with Crippen molar-refractivity contribution in [3.05, 3.63) is 22.7 Å². The molecule has 0 bridgehead atoms. The Balaban J connectivity index is 2.28. The van der Waals surface area contributed by atoms with Crippen molar-refractivity contribution in [2.45, 2.75) is 43.5 Å². The van der Waals surface area contributed by atoms with Gasteiger partial charge in [0.2, 0.25) is 10.0 Å². The summed E-state index contributed by atoms with van der Waals surface area (Å²) in [5.41, 5.74) is 0. The Labute approximate surface area is 129 Å². The summed E-state index contributed by atoms with van der Waals surface area (Å²) in [6, 6.07) is 5.01. The van der Waals surface area contributed by atoms with Crippen LogP contribution in [0.3, 0.4) is 0 Å². The van der Waals surface area contributed by atoms with Gasteiger partial charge in [0.05, 0.1) is 7.11 Å². The number of benzene rings is 1. The molecule has 0 aromatic heterocycles. The Kier molecular flexibility index (Phi) is 5.09. The summed E-state index contributed by atoms with van der Waals surface area (Å²) in [4.78, 5) is 0.187. The van der Waals surface area contributed by atoms with Crippen molar-refractivity contribution < 1.29 is 13.2 Å². The minimum Gasteiger partial charge on any atom is -0.495 e. The third kappa shape index (κ3) is 3.54. The van der Waals surface area contributed by atoms with E-state index in [0.29, 0.717) is 11.7 Å². The lowest BCUT2D eigenvalue weighted by molar-refractivity contribution is 0.310. The third-order valence-corrected chi connectivity index (χ3v) is 5.84. The average molecular weight is 362 g/mol. The van der Waals surface area contributed by atoms with E-state index in [-0.39, 0.29) is 10.9 Å². The van der Waals surface area contributed by atoms with E-state index in [2.05, 4.69) is 27.6 Å². The zero-order valence-corrected chi connectivity index (χ0v) is 14.1. The summed E-state index contributed by atoms with van der Waals surface area (Å²) >= 11 is 3.31. The molecule has 1 aliphatic rings. The van der Waals surface area contributed by atoms with Crippen LogP contribution in [-0.4, -0.2) is 21.6 Å². The van der Waals surface area contributed by atoms with Crippen LogP contribution in [0.25, 0.3) is 0 Å². The molecule has 1 aliphatic carbocycles. The standard InChI is InChI=1S/C14H20BrNO3S/c1-10-5-3-4-6-12(10)16-20(17,18)14-9-11(15)7-8-13(14)19-2/h7-10,12,16H,3-6H2,1-2H3/t10-,12+/m1/s1. The fourth-order valence-corrected chi connectivity index (χ4v) is 4.70. The third-order valence-electron chi connectivity index (χ3n) is 3.83. The Bertz CT molecular complexity index is 574. The minimum atomic E-state index is -3.56. The first-order valence-electron chi connectivity index (χ1n) is 6.80. The monoisotopic (exact) mass is 361 g/mol. The maximum absolute atomic E-state index is 12.6. The van der Waals surface area contributed by atoms with Crippen LogP contribution in [0.2, 0.25) is 0 Å². The van der Waals surface area contributed by atoms with Crippen LogP contribution in [0, 0.1) is 5.92 Å². The second kappa shape index (κ2) is 6.45. The topological polar surface area (TPSA) is 55.4 Å². The number of nitrogens with one attached hydrogen (secondary N) is 1. The van der Waals surface area contributed by atoms with Gasteiger partial charge < -0.3 is 4.74 Å². The summed E-state index contributed by atoms with van der Waals surface area (Å²) in [5.74, 6) is 0.737. The minimum absolute atomic E-state index is 0.0115. The van der Waals surface area contributed by atoms with E-state index in [4.69, 9.17) is 4.74 Å². The van der Waals surface area contributed by atoms with E-state index < -0.39 is 10.0 Å². The van der Waals surface area contributed by atoms with Crippen LogP contribution in [0.5, 0.6) is 5.75 Å². The molecule has 1 aromatic rings. The van der Waals surface area contributed by atoms with E-state index >= 15 is 0 Å². The SMILES string of the molecule is COc1ccc(Br)cc1S(=O)(=O)N[C@H]1CCCC[C@H]1C. The second-order valence-electron chi connectivity index (χ2n) is 5.28. The first kappa shape index (κ1) is 15.8. The van der Waals surface area contributed by atoms with Gasteiger partial charge in [0, 0.05) is 10.5 Å². The lowest BCUT2D eigenvalue weighted by atomic mass is 9.87. The Morgan fingerprint density at radius 3 is 2.65 bits per heavy atom. The van der Waals surface area contributed by atoms with Gasteiger partial charge in [0.25, 0.3) is 0 Å². The van der Waals surface area contributed by atoms with Crippen molar-refractivity contribution >= 4 is 26.0 Å². The Morgan fingerprint density at radius 2 is 2.00 bits per heavy atom. The quantitative estimate of drug-likeness (QED) is 0.894. The molecule has 1 saturated carbocycles. The van der Waals surface area contributed by atoms with Crippen LogP contribution in [-0.2, 0) is 10.0 Å². The van der Waals surface area contributed by atoms with Crippen LogP contribution in [0.1, 0.15) is 32.6 Å². The van der Waals surface area contributed by atoms with E-state index in [1.54, 1.807) is 18.2 Å². The molecular formula is C14H20BrNO3S. The van der Waals surface area contributed by atoms with Crippen molar-refractivity contribution in [2.24, 2.45) is 5.92 Å². The first-order chi connectivity index (χ1) is 9.44. The van der Waals surface area contributed by atoms with Crippen molar-refractivity contribution in [1.29, 1.82) is 0 Å². The summed E-state index contributed by atoms with van der Waals surface area (Å²) in [5, 5.41) is 0. The summed E-state index contributed by atoms with van der Waals surface area (Å²) in [6.45, 7) is 2.10. The molecule has 20 heavy (non-hydrogen) atoms. The molecule has 1 fully saturated rings. The lowest BCUT2D eigenvalue weighted by Gasteiger charge is -2.29. The molecule has 1 aromatic carbocycles. The molecule has 0 saturated heterocycles. The van der Waals surface area contributed by atoms with Gasteiger partial charge in [0.1, 0.15) is 10.6 Å². The molecule has 6 heteroatoms. The maximum Gasteiger partial charge on any atom is 0.244 e. The number of hydrogen-bond acceptors (Lipinski definition) is 3. The lowest BCUT2D eigenvalue weighted by Crippen LogP contribution is -2.41. The molecule has 2 rings (SSSR count). The molecule has 2 atom stereocenters. The summed E-state index contributed by atoms with van der Waals surface area (Å²) < 4.78 is 33.8. The molecule has 112 valence electrons. The number of methoxy groups -OCH3 is 1. The van der Waals surface area contributed by atoms with Gasteiger partial charge in [-0.25, -0.2) is 13.1 Å². The van der Waals surface area contributed by atoms with Crippen LogP contribution < -0.4 is 9.46 Å². The fraction of sp³-hybridized carbons (Fsp3) is 0.571. The van der Waals surface area contributed by atoms with Gasteiger partial charge in [-0.05, 0) is 37.0 Å².